The van der Waals surface area contributed by atoms with Gasteiger partial charge in [0, 0.05) is 19.3 Å². The molecule has 2 nitrogen and oxygen atoms in total. The Kier molecular flexibility index (Phi) is 3.53. The summed E-state index contributed by atoms with van der Waals surface area (Å²) in [4.78, 5) is 0. The van der Waals surface area contributed by atoms with Crippen LogP contribution in [0, 0.1) is 5.92 Å². The van der Waals surface area contributed by atoms with Gasteiger partial charge in [0.15, 0.2) is 0 Å². The third-order valence-electron chi connectivity index (χ3n) is 3.13. The molecule has 0 aromatic heterocycles. The van der Waals surface area contributed by atoms with E-state index in [2.05, 4.69) is 19.2 Å². The lowest BCUT2D eigenvalue weighted by molar-refractivity contribution is 0.139. The molecule has 0 bridgehead atoms. The molecule has 12 heavy (non-hydrogen) atoms. The molecule has 0 aliphatic carbocycles. The van der Waals surface area contributed by atoms with Crippen LogP contribution in [0.2, 0.25) is 0 Å². The van der Waals surface area contributed by atoms with Crippen molar-refractivity contribution < 1.29 is 4.74 Å². The van der Waals surface area contributed by atoms with E-state index >= 15 is 0 Å². The van der Waals surface area contributed by atoms with Gasteiger partial charge in [-0.25, -0.2) is 0 Å². The van der Waals surface area contributed by atoms with Crippen molar-refractivity contribution in [1.82, 2.24) is 5.32 Å². The van der Waals surface area contributed by atoms with Crippen LogP contribution in [0.3, 0.4) is 0 Å². The molecule has 1 unspecified atom stereocenters. The van der Waals surface area contributed by atoms with E-state index in [9.17, 15) is 0 Å². The molecular weight excluding hydrogens is 150 g/mol. The minimum atomic E-state index is 0.371. The van der Waals surface area contributed by atoms with Gasteiger partial charge in [0.05, 0.1) is 0 Å². The molecule has 1 heterocycles. The summed E-state index contributed by atoms with van der Waals surface area (Å²) in [6, 6.07) is 0. The Hall–Kier alpha value is -0.0800. The SMILES string of the molecule is COCCC1(C(C)C)CCCN1. The van der Waals surface area contributed by atoms with Crippen molar-refractivity contribution in [3.8, 4) is 0 Å². The van der Waals surface area contributed by atoms with Crippen molar-refractivity contribution in [1.29, 1.82) is 0 Å². The summed E-state index contributed by atoms with van der Waals surface area (Å²) < 4.78 is 5.14. The van der Waals surface area contributed by atoms with Crippen molar-refractivity contribution in [3.05, 3.63) is 0 Å². The first-order valence-corrected chi connectivity index (χ1v) is 4.95. The summed E-state index contributed by atoms with van der Waals surface area (Å²) >= 11 is 0. The highest BCUT2D eigenvalue weighted by Crippen LogP contribution is 2.30. The summed E-state index contributed by atoms with van der Waals surface area (Å²) in [5, 5.41) is 3.62. The maximum Gasteiger partial charge on any atom is 0.0479 e. The van der Waals surface area contributed by atoms with E-state index < -0.39 is 0 Å². The molecule has 0 aromatic rings. The highest BCUT2D eigenvalue weighted by atomic mass is 16.5. The number of methoxy groups -OCH3 is 1. The van der Waals surface area contributed by atoms with Crippen molar-refractivity contribution in [3.63, 3.8) is 0 Å². The summed E-state index contributed by atoms with van der Waals surface area (Å²) in [6.07, 6.45) is 3.79. The number of rotatable bonds is 4. The van der Waals surface area contributed by atoms with Crippen molar-refractivity contribution in [2.75, 3.05) is 20.3 Å². The van der Waals surface area contributed by atoms with E-state index in [0.717, 1.165) is 18.9 Å². The van der Waals surface area contributed by atoms with Crippen LogP contribution in [-0.4, -0.2) is 25.8 Å². The molecular formula is C10H21NO. The Morgan fingerprint density at radius 3 is 2.67 bits per heavy atom. The number of ether oxygens (including phenoxy) is 1. The van der Waals surface area contributed by atoms with Crippen molar-refractivity contribution in [2.45, 2.75) is 38.6 Å². The zero-order chi connectivity index (χ0) is 9.03. The van der Waals surface area contributed by atoms with Gasteiger partial charge in [-0.3, -0.25) is 0 Å². The standard InChI is InChI=1S/C10H21NO/c1-9(2)10(6-8-12-3)5-4-7-11-10/h9,11H,4-8H2,1-3H3. The summed E-state index contributed by atoms with van der Waals surface area (Å²) in [6.45, 7) is 6.66. The average Bonchev–Trinajstić information content (AvgIpc) is 2.50. The van der Waals surface area contributed by atoms with Crippen LogP contribution in [0.25, 0.3) is 0 Å². The van der Waals surface area contributed by atoms with Gasteiger partial charge < -0.3 is 10.1 Å². The minimum absolute atomic E-state index is 0.371. The molecule has 1 rings (SSSR count). The van der Waals surface area contributed by atoms with Crippen LogP contribution < -0.4 is 5.32 Å². The molecule has 1 saturated heterocycles. The first kappa shape index (κ1) is 10.0. The summed E-state index contributed by atoms with van der Waals surface area (Å²) in [5.41, 5.74) is 0.371. The smallest absolute Gasteiger partial charge is 0.0479 e. The zero-order valence-corrected chi connectivity index (χ0v) is 8.52. The van der Waals surface area contributed by atoms with Crippen LogP contribution >= 0.6 is 0 Å². The highest BCUT2D eigenvalue weighted by molar-refractivity contribution is 4.95. The van der Waals surface area contributed by atoms with Crippen LogP contribution in [0.1, 0.15) is 33.1 Å². The van der Waals surface area contributed by atoms with E-state index in [1.54, 1.807) is 7.11 Å². The lowest BCUT2D eigenvalue weighted by atomic mass is 9.82. The van der Waals surface area contributed by atoms with Gasteiger partial charge in [0.1, 0.15) is 0 Å². The summed E-state index contributed by atoms with van der Waals surface area (Å²) in [5.74, 6) is 0.718. The minimum Gasteiger partial charge on any atom is -0.385 e. The number of hydrogen-bond acceptors (Lipinski definition) is 2. The first-order chi connectivity index (χ1) is 5.71. The number of hydrogen-bond donors (Lipinski definition) is 1. The fourth-order valence-electron chi connectivity index (χ4n) is 2.11. The third kappa shape index (κ3) is 1.99. The molecule has 0 spiro atoms. The number of nitrogens with one attached hydrogen (secondary N) is 1. The second kappa shape index (κ2) is 4.24. The van der Waals surface area contributed by atoms with Gasteiger partial charge in [-0.2, -0.15) is 0 Å². The predicted octanol–water partition coefficient (Wildman–Crippen LogP) is 1.80. The largest absolute Gasteiger partial charge is 0.385 e. The Labute approximate surface area is 75.7 Å². The van der Waals surface area contributed by atoms with E-state index in [-0.39, 0.29) is 0 Å². The normalized spacial score (nSPS) is 30.0. The van der Waals surface area contributed by atoms with Gasteiger partial charge in [-0.1, -0.05) is 13.8 Å². The van der Waals surface area contributed by atoms with Crippen molar-refractivity contribution >= 4 is 0 Å². The molecule has 1 fully saturated rings. The van der Waals surface area contributed by atoms with Gasteiger partial charge in [0.2, 0.25) is 0 Å². The molecule has 1 N–H and O–H groups in total. The monoisotopic (exact) mass is 171 g/mol. The molecule has 1 aliphatic rings. The predicted molar refractivity (Wildman–Crippen MR) is 51.3 cm³/mol. The summed E-state index contributed by atoms with van der Waals surface area (Å²) in [7, 11) is 1.78. The third-order valence-corrected chi connectivity index (χ3v) is 3.13. The first-order valence-electron chi connectivity index (χ1n) is 4.95. The van der Waals surface area contributed by atoms with Crippen LogP contribution in [-0.2, 0) is 4.74 Å². The van der Waals surface area contributed by atoms with E-state index in [1.807, 2.05) is 0 Å². The Morgan fingerprint density at radius 1 is 1.50 bits per heavy atom. The molecule has 0 aromatic carbocycles. The Bertz CT molecular complexity index is 128. The highest BCUT2D eigenvalue weighted by Gasteiger charge is 2.35. The molecule has 2 heteroatoms. The fraction of sp³-hybridized carbons (Fsp3) is 1.00. The molecule has 72 valence electrons. The lowest BCUT2D eigenvalue weighted by Crippen LogP contribution is -2.45. The fourth-order valence-corrected chi connectivity index (χ4v) is 2.11. The molecule has 0 saturated carbocycles. The van der Waals surface area contributed by atoms with E-state index in [0.29, 0.717) is 5.54 Å². The Balaban J connectivity index is 2.47. The quantitative estimate of drug-likeness (QED) is 0.696. The maximum absolute atomic E-state index is 5.14. The van der Waals surface area contributed by atoms with Gasteiger partial charge >= 0.3 is 0 Å². The molecule has 0 amide bonds. The van der Waals surface area contributed by atoms with Gasteiger partial charge in [0.25, 0.3) is 0 Å². The van der Waals surface area contributed by atoms with Crippen LogP contribution in [0.5, 0.6) is 0 Å². The van der Waals surface area contributed by atoms with Crippen LogP contribution in [0.15, 0.2) is 0 Å². The average molecular weight is 171 g/mol. The van der Waals surface area contributed by atoms with Crippen LogP contribution in [0.4, 0.5) is 0 Å². The topological polar surface area (TPSA) is 21.3 Å². The second-order valence-corrected chi connectivity index (χ2v) is 4.08. The van der Waals surface area contributed by atoms with Gasteiger partial charge in [-0.05, 0) is 31.7 Å². The molecule has 1 atom stereocenters. The molecule has 1 aliphatic heterocycles. The van der Waals surface area contributed by atoms with E-state index in [4.69, 9.17) is 4.74 Å². The molecule has 0 radical (unpaired) electrons. The van der Waals surface area contributed by atoms with E-state index in [1.165, 1.54) is 19.4 Å². The maximum atomic E-state index is 5.14. The zero-order valence-electron chi connectivity index (χ0n) is 8.52. The Morgan fingerprint density at radius 2 is 2.25 bits per heavy atom. The second-order valence-electron chi connectivity index (χ2n) is 4.08. The lowest BCUT2D eigenvalue weighted by Gasteiger charge is -2.33. The van der Waals surface area contributed by atoms with Crippen molar-refractivity contribution in [2.24, 2.45) is 5.92 Å². The van der Waals surface area contributed by atoms with Gasteiger partial charge in [-0.15, -0.1) is 0 Å².